The SMILES string of the molecule is CC(C)C1=C[C@H]2C[C@@]3(C=O)[C@@H]4CC[C@@H](C)[C@H]4C[C@@]2(CO[C@H]2CN(C)CC(C(C)(C)C)O2)[C@]13C(=O)OCc1ccccc1. The van der Waals surface area contributed by atoms with Crippen LogP contribution in [0.25, 0.3) is 0 Å². The van der Waals surface area contributed by atoms with Crippen LogP contribution in [0.5, 0.6) is 0 Å². The van der Waals surface area contributed by atoms with E-state index in [0.29, 0.717) is 31.4 Å². The minimum absolute atomic E-state index is 0.0141. The molecule has 1 aromatic carbocycles. The number of benzene rings is 1. The fourth-order valence-corrected chi connectivity index (χ4v) is 10.1. The first-order valence-corrected chi connectivity index (χ1v) is 16.2. The van der Waals surface area contributed by atoms with Crippen LogP contribution in [-0.4, -0.2) is 56.3 Å². The van der Waals surface area contributed by atoms with Crippen molar-refractivity contribution in [2.75, 3.05) is 26.7 Å². The highest BCUT2D eigenvalue weighted by molar-refractivity contribution is 5.91. The molecule has 6 rings (SSSR count). The van der Waals surface area contributed by atoms with Gasteiger partial charge in [0.15, 0.2) is 6.29 Å². The smallest absolute Gasteiger partial charge is 0.318 e. The van der Waals surface area contributed by atoms with Gasteiger partial charge in [-0.3, -0.25) is 9.69 Å². The van der Waals surface area contributed by atoms with Gasteiger partial charge in [-0.25, -0.2) is 0 Å². The van der Waals surface area contributed by atoms with Crippen molar-refractivity contribution in [3.8, 4) is 0 Å². The van der Waals surface area contributed by atoms with Crippen LogP contribution in [0.4, 0.5) is 0 Å². The highest BCUT2D eigenvalue weighted by Crippen LogP contribution is 2.82. The summed E-state index contributed by atoms with van der Waals surface area (Å²) in [5, 5.41) is 0. The summed E-state index contributed by atoms with van der Waals surface area (Å²) in [5.41, 5.74) is -0.281. The van der Waals surface area contributed by atoms with Gasteiger partial charge in [0.1, 0.15) is 18.3 Å². The number of rotatable bonds is 8. The first kappa shape index (κ1) is 30.0. The molecule has 1 aliphatic heterocycles. The van der Waals surface area contributed by atoms with Crippen molar-refractivity contribution in [2.24, 2.45) is 51.2 Å². The second-order valence-corrected chi connectivity index (χ2v) is 15.7. The maximum Gasteiger partial charge on any atom is 0.318 e. The lowest BCUT2D eigenvalue weighted by Crippen LogP contribution is -2.64. The van der Waals surface area contributed by atoms with E-state index in [1.807, 2.05) is 30.3 Å². The molecular formula is C36H51NO5. The van der Waals surface area contributed by atoms with Crippen LogP contribution in [0.15, 0.2) is 42.0 Å². The van der Waals surface area contributed by atoms with Gasteiger partial charge in [0.25, 0.3) is 0 Å². The Morgan fingerprint density at radius 3 is 2.55 bits per heavy atom. The molecule has 3 saturated carbocycles. The molecule has 230 valence electrons. The van der Waals surface area contributed by atoms with Crippen LogP contribution >= 0.6 is 0 Å². The Morgan fingerprint density at radius 1 is 1.14 bits per heavy atom. The van der Waals surface area contributed by atoms with Gasteiger partial charge in [0, 0.05) is 18.5 Å². The topological polar surface area (TPSA) is 65.1 Å². The average molecular weight is 578 g/mol. The summed E-state index contributed by atoms with van der Waals surface area (Å²) in [7, 11) is 2.12. The van der Waals surface area contributed by atoms with Gasteiger partial charge in [0.2, 0.25) is 0 Å². The first-order valence-electron chi connectivity index (χ1n) is 16.2. The predicted molar refractivity (Wildman–Crippen MR) is 162 cm³/mol. The maximum atomic E-state index is 14.9. The molecule has 5 aliphatic rings. The summed E-state index contributed by atoms with van der Waals surface area (Å²) in [6, 6.07) is 9.88. The number of nitrogens with zero attached hydrogens (tertiary/aromatic N) is 1. The van der Waals surface area contributed by atoms with E-state index in [1.54, 1.807) is 0 Å². The van der Waals surface area contributed by atoms with Crippen molar-refractivity contribution in [1.82, 2.24) is 4.90 Å². The van der Waals surface area contributed by atoms with Gasteiger partial charge in [-0.1, -0.05) is 89.9 Å². The minimum Gasteiger partial charge on any atom is -0.460 e. The summed E-state index contributed by atoms with van der Waals surface area (Å²) in [6.45, 7) is 15.5. The van der Waals surface area contributed by atoms with Crippen LogP contribution in [0.2, 0.25) is 0 Å². The highest BCUT2D eigenvalue weighted by atomic mass is 16.7. The van der Waals surface area contributed by atoms with Crippen LogP contribution in [0, 0.1) is 51.2 Å². The lowest BCUT2D eigenvalue weighted by atomic mass is 9.43. The summed E-state index contributed by atoms with van der Waals surface area (Å²) < 4.78 is 19.7. The monoisotopic (exact) mass is 577 g/mol. The van der Waals surface area contributed by atoms with E-state index in [-0.39, 0.29) is 48.1 Å². The van der Waals surface area contributed by atoms with Crippen molar-refractivity contribution >= 4 is 12.3 Å². The zero-order valence-electron chi connectivity index (χ0n) is 26.7. The third kappa shape index (κ3) is 4.22. The number of esters is 1. The molecule has 0 radical (unpaired) electrons. The Morgan fingerprint density at radius 2 is 1.88 bits per heavy atom. The molecule has 4 bridgehead atoms. The van der Waals surface area contributed by atoms with E-state index < -0.39 is 16.2 Å². The van der Waals surface area contributed by atoms with Gasteiger partial charge in [-0.05, 0) is 66.9 Å². The third-order valence-electron chi connectivity index (χ3n) is 12.1. The fraction of sp³-hybridized carbons (Fsp3) is 0.722. The van der Waals surface area contributed by atoms with Gasteiger partial charge >= 0.3 is 5.97 Å². The highest BCUT2D eigenvalue weighted by Gasteiger charge is 2.84. The fourth-order valence-electron chi connectivity index (χ4n) is 10.1. The lowest BCUT2D eigenvalue weighted by molar-refractivity contribution is -0.251. The average Bonchev–Trinajstić information content (AvgIpc) is 3.52. The zero-order valence-corrected chi connectivity index (χ0v) is 26.7. The van der Waals surface area contributed by atoms with Gasteiger partial charge < -0.3 is 19.0 Å². The van der Waals surface area contributed by atoms with Crippen LogP contribution in [-0.2, 0) is 30.4 Å². The Bertz CT molecular complexity index is 1220. The van der Waals surface area contributed by atoms with Gasteiger partial charge in [-0.15, -0.1) is 0 Å². The van der Waals surface area contributed by atoms with Crippen LogP contribution < -0.4 is 0 Å². The number of allylic oxidation sites excluding steroid dienone is 1. The molecule has 4 aliphatic carbocycles. The van der Waals surface area contributed by atoms with Crippen molar-refractivity contribution in [1.29, 1.82) is 0 Å². The number of hydrogen-bond acceptors (Lipinski definition) is 6. The quantitative estimate of drug-likeness (QED) is 0.206. The number of carbonyl (C=O) groups is 2. The predicted octanol–water partition coefficient (Wildman–Crippen LogP) is 6.29. The maximum absolute atomic E-state index is 14.9. The number of carbonyl (C=O) groups excluding carboxylic acids is 2. The summed E-state index contributed by atoms with van der Waals surface area (Å²) in [4.78, 5) is 30.9. The Hall–Kier alpha value is -2.02. The van der Waals surface area contributed by atoms with E-state index in [1.165, 1.54) is 6.29 Å². The molecule has 6 heteroatoms. The molecule has 0 spiro atoms. The minimum atomic E-state index is -1.02. The first-order chi connectivity index (χ1) is 19.9. The largest absolute Gasteiger partial charge is 0.460 e. The molecule has 1 heterocycles. The van der Waals surface area contributed by atoms with E-state index >= 15 is 0 Å². The third-order valence-corrected chi connectivity index (χ3v) is 12.1. The van der Waals surface area contributed by atoms with E-state index in [2.05, 4.69) is 59.6 Å². The van der Waals surface area contributed by atoms with Crippen molar-refractivity contribution in [3.05, 3.63) is 47.5 Å². The number of ether oxygens (including phenoxy) is 3. The van der Waals surface area contributed by atoms with E-state index in [9.17, 15) is 9.59 Å². The van der Waals surface area contributed by atoms with Crippen molar-refractivity contribution in [2.45, 2.75) is 86.2 Å². The number of aldehydes is 1. The number of fused-ring (bicyclic) bond motifs is 2. The summed E-state index contributed by atoms with van der Waals surface area (Å²) in [5.74, 6) is 1.11. The molecule has 0 amide bonds. The standard InChI is InChI=1S/C36H51NO5/c1-23(2)29-15-26-16-34(21-38)28-14-13-24(3)27(28)17-35(26,22-41-31-19-37(7)18-30(42-31)33(4,5)6)36(29,34)32(39)40-20-25-11-9-8-10-12-25/h8-12,15,21,23-24,26-28,30-31H,13-14,16-20,22H2,1-7H3/t24-,26+,27-,28-,30?,31-,34-,35+,36+/m1/s1. The molecule has 1 unspecified atom stereocenters. The molecule has 1 saturated heterocycles. The summed E-state index contributed by atoms with van der Waals surface area (Å²) >= 11 is 0. The lowest BCUT2D eigenvalue weighted by Gasteiger charge is -2.59. The zero-order chi connectivity index (χ0) is 30.1. The molecule has 1 aromatic rings. The molecule has 6 nitrogen and oxygen atoms in total. The second kappa shape index (κ2) is 10.6. The molecule has 42 heavy (non-hydrogen) atoms. The molecular weight excluding hydrogens is 526 g/mol. The van der Waals surface area contributed by atoms with E-state index in [4.69, 9.17) is 14.2 Å². The second-order valence-electron chi connectivity index (χ2n) is 15.7. The molecule has 0 N–H and O–H groups in total. The molecule has 4 fully saturated rings. The van der Waals surface area contributed by atoms with Crippen LogP contribution in [0.1, 0.15) is 72.8 Å². The summed E-state index contributed by atoms with van der Waals surface area (Å²) in [6.07, 6.45) is 6.92. The Labute approximate surface area is 252 Å². The number of morpholine rings is 1. The van der Waals surface area contributed by atoms with Crippen LogP contribution in [0.3, 0.4) is 0 Å². The van der Waals surface area contributed by atoms with Gasteiger partial charge in [0.05, 0.1) is 18.1 Å². The van der Waals surface area contributed by atoms with Crippen molar-refractivity contribution < 1.29 is 23.8 Å². The van der Waals surface area contributed by atoms with E-state index in [0.717, 1.165) is 36.9 Å². The Balaban J connectivity index is 1.41. The van der Waals surface area contributed by atoms with Crippen molar-refractivity contribution in [3.63, 3.8) is 0 Å². The van der Waals surface area contributed by atoms with Gasteiger partial charge in [-0.2, -0.15) is 0 Å². The number of hydrogen-bond donors (Lipinski definition) is 0. The Kier molecular flexibility index (Phi) is 7.55. The molecule has 9 atom stereocenters. The number of likely N-dealkylation sites (N-methyl/N-ethyl adjacent to an activating group) is 1. The normalized spacial score (nSPS) is 41.1. The molecule has 0 aromatic heterocycles.